The second-order valence-corrected chi connectivity index (χ2v) is 6.89. The lowest BCUT2D eigenvalue weighted by atomic mass is 9.73. The first-order valence-corrected chi connectivity index (χ1v) is 8.57. The highest BCUT2D eigenvalue weighted by atomic mass is 35.5. The van der Waals surface area contributed by atoms with Crippen molar-refractivity contribution >= 4 is 12.4 Å². The molecule has 1 heterocycles. The lowest BCUT2D eigenvalue weighted by Gasteiger charge is -2.43. The predicted octanol–water partition coefficient (Wildman–Crippen LogP) is 3.17. The van der Waals surface area contributed by atoms with Crippen LogP contribution in [0.5, 0.6) is 0 Å². The molecule has 130 valence electrons. The summed E-state index contributed by atoms with van der Waals surface area (Å²) < 4.78 is 5.14. The van der Waals surface area contributed by atoms with E-state index in [0.29, 0.717) is 30.4 Å². The fourth-order valence-electron chi connectivity index (χ4n) is 3.72. The Bertz CT molecular complexity index is 679. The van der Waals surface area contributed by atoms with Crippen LogP contribution in [-0.2, 0) is 13.1 Å². The molecule has 2 fully saturated rings. The lowest BCUT2D eigenvalue weighted by Crippen LogP contribution is -2.45. The highest BCUT2D eigenvalue weighted by molar-refractivity contribution is 5.85. The van der Waals surface area contributed by atoms with Gasteiger partial charge >= 0.3 is 0 Å². The fourth-order valence-corrected chi connectivity index (χ4v) is 3.72. The summed E-state index contributed by atoms with van der Waals surface area (Å²) >= 11 is 0. The first-order valence-electron chi connectivity index (χ1n) is 8.57. The van der Waals surface area contributed by atoms with Gasteiger partial charge < -0.3 is 10.3 Å². The number of hydrogen-bond donors (Lipinski definition) is 1. The number of nitrogens with two attached hydrogens (primary N) is 1. The van der Waals surface area contributed by atoms with E-state index in [1.165, 1.54) is 36.8 Å². The maximum absolute atomic E-state index is 5.55. The maximum atomic E-state index is 5.55. The van der Waals surface area contributed by atoms with Crippen LogP contribution >= 0.6 is 12.4 Å². The molecule has 4 rings (SSSR count). The molecule has 1 aromatic heterocycles. The minimum Gasteiger partial charge on any atom is -0.338 e. The van der Waals surface area contributed by atoms with Crippen LogP contribution < -0.4 is 5.73 Å². The van der Waals surface area contributed by atoms with Gasteiger partial charge in [-0.3, -0.25) is 4.90 Å². The molecule has 0 spiro atoms. The van der Waals surface area contributed by atoms with E-state index in [4.69, 9.17) is 10.3 Å². The molecule has 2 N–H and O–H groups in total. The van der Waals surface area contributed by atoms with Crippen LogP contribution in [0.25, 0.3) is 0 Å². The van der Waals surface area contributed by atoms with Crippen molar-refractivity contribution in [1.29, 1.82) is 0 Å². The number of nitrogens with zero attached hydrogens (tertiary/aromatic N) is 3. The largest absolute Gasteiger partial charge is 0.338 e. The van der Waals surface area contributed by atoms with E-state index in [-0.39, 0.29) is 12.4 Å². The second-order valence-electron chi connectivity index (χ2n) is 6.89. The van der Waals surface area contributed by atoms with Crippen molar-refractivity contribution in [2.75, 3.05) is 0 Å². The van der Waals surface area contributed by atoms with Gasteiger partial charge in [0.1, 0.15) is 0 Å². The molecule has 0 bridgehead atoms. The van der Waals surface area contributed by atoms with Gasteiger partial charge in [0.2, 0.25) is 5.89 Å². The molecule has 24 heavy (non-hydrogen) atoms. The Labute approximate surface area is 149 Å². The summed E-state index contributed by atoms with van der Waals surface area (Å²) in [5, 5.41) is 4.06. The van der Waals surface area contributed by atoms with Crippen molar-refractivity contribution in [1.82, 2.24) is 15.0 Å². The van der Waals surface area contributed by atoms with Crippen molar-refractivity contribution in [2.24, 2.45) is 5.73 Å². The highest BCUT2D eigenvalue weighted by Crippen LogP contribution is 2.44. The Hall–Kier alpha value is -1.43. The summed E-state index contributed by atoms with van der Waals surface area (Å²) in [6, 6.07) is 10.1. The third kappa shape index (κ3) is 3.48. The van der Waals surface area contributed by atoms with E-state index in [0.717, 1.165) is 12.4 Å². The van der Waals surface area contributed by atoms with Crippen LogP contribution in [0.15, 0.2) is 28.8 Å². The van der Waals surface area contributed by atoms with Crippen LogP contribution in [0.3, 0.4) is 0 Å². The average Bonchev–Trinajstić information content (AvgIpc) is 3.26. The third-order valence-corrected chi connectivity index (χ3v) is 5.24. The van der Waals surface area contributed by atoms with E-state index in [1.54, 1.807) is 0 Å². The Balaban J connectivity index is 0.00000169. The summed E-state index contributed by atoms with van der Waals surface area (Å²) in [4.78, 5) is 6.95. The van der Waals surface area contributed by atoms with Gasteiger partial charge in [-0.25, -0.2) is 0 Å². The molecule has 0 radical (unpaired) electrons. The quantitative estimate of drug-likeness (QED) is 0.868. The topological polar surface area (TPSA) is 68.2 Å². The molecule has 0 saturated heterocycles. The van der Waals surface area contributed by atoms with Gasteiger partial charge in [-0.1, -0.05) is 29.4 Å². The standard InChI is InChI=1S/C18H24N4O.ClH/c1-12-4-2-3-5-16(12)13-8-15(9-13)22(14-6-7-14)11-17-20-18(10-19)23-21-17;/h2-5,13-15H,6-11,19H2,1H3;1H. The van der Waals surface area contributed by atoms with Gasteiger partial charge in [0.25, 0.3) is 0 Å². The Kier molecular flexibility index (Phi) is 5.23. The number of benzene rings is 1. The molecule has 5 nitrogen and oxygen atoms in total. The second kappa shape index (κ2) is 7.21. The molecule has 6 heteroatoms. The number of halogens is 1. The van der Waals surface area contributed by atoms with Crippen molar-refractivity contribution in [3.63, 3.8) is 0 Å². The minimum absolute atomic E-state index is 0. The van der Waals surface area contributed by atoms with E-state index in [2.05, 4.69) is 46.2 Å². The number of aryl methyl sites for hydroxylation is 1. The molecule has 0 atom stereocenters. The van der Waals surface area contributed by atoms with Gasteiger partial charge in [0, 0.05) is 12.1 Å². The molecule has 2 aliphatic rings. The number of aromatic nitrogens is 2. The Morgan fingerprint density at radius 3 is 2.58 bits per heavy atom. The first kappa shape index (κ1) is 17.4. The van der Waals surface area contributed by atoms with Crippen LogP contribution in [-0.4, -0.2) is 27.1 Å². The SMILES string of the molecule is Cc1ccccc1C1CC(N(Cc2noc(CN)n2)C2CC2)C1.Cl. The summed E-state index contributed by atoms with van der Waals surface area (Å²) in [7, 11) is 0. The molecular weight excluding hydrogens is 324 g/mol. The summed E-state index contributed by atoms with van der Waals surface area (Å²) in [5.41, 5.74) is 8.48. The van der Waals surface area contributed by atoms with E-state index in [9.17, 15) is 0 Å². The molecule has 0 aliphatic heterocycles. The van der Waals surface area contributed by atoms with Gasteiger partial charge in [-0.2, -0.15) is 4.98 Å². The van der Waals surface area contributed by atoms with Crippen LogP contribution in [0.4, 0.5) is 0 Å². The lowest BCUT2D eigenvalue weighted by molar-refractivity contribution is 0.0893. The summed E-state index contributed by atoms with van der Waals surface area (Å²) in [5.74, 6) is 2.01. The molecular formula is C18H25ClN4O. The Morgan fingerprint density at radius 1 is 1.21 bits per heavy atom. The molecule has 2 aromatic rings. The molecule has 2 saturated carbocycles. The molecule has 0 unspecified atom stereocenters. The zero-order valence-electron chi connectivity index (χ0n) is 14.0. The number of rotatable bonds is 6. The highest BCUT2D eigenvalue weighted by Gasteiger charge is 2.41. The van der Waals surface area contributed by atoms with Crippen molar-refractivity contribution in [2.45, 2.75) is 63.7 Å². The Morgan fingerprint density at radius 2 is 1.96 bits per heavy atom. The smallest absolute Gasteiger partial charge is 0.240 e. The zero-order chi connectivity index (χ0) is 15.8. The minimum atomic E-state index is 0. The van der Waals surface area contributed by atoms with Crippen molar-refractivity contribution < 1.29 is 4.52 Å². The summed E-state index contributed by atoms with van der Waals surface area (Å²) in [6.07, 6.45) is 5.08. The van der Waals surface area contributed by atoms with Crippen LogP contribution in [0.2, 0.25) is 0 Å². The number of hydrogen-bond acceptors (Lipinski definition) is 5. The van der Waals surface area contributed by atoms with Crippen molar-refractivity contribution in [3.05, 3.63) is 47.1 Å². The normalized spacial score (nSPS) is 23.0. The van der Waals surface area contributed by atoms with E-state index in [1.807, 2.05) is 0 Å². The predicted molar refractivity (Wildman–Crippen MR) is 94.9 cm³/mol. The molecule has 0 amide bonds. The molecule has 1 aromatic carbocycles. The van der Waals surface area contributed by atoms with Crippen LogP contribution in [0, 0.1) is 6.92 Å². The molecule has 2 aliphatic carbocycles. The third-order valence-electron chi connectivity index (χ3n) is 5.24. The van der Waals surface area contributed by atoms with E-state index < -0.39 is 0 Å². The van der Waals surface area contributed by atoms with E-state index >= 15 is 0 Å². The van der Waals surface area contributed by atoms with Gasteiger partial charge in [-0.15, -0.1) is 12.4 Å². The summed E-state index contributed by atoms with van der Waals surface area (Å²) in [6.45, 7) is 3.32. The van der Waals surface area contributed by atoms with Crippen LogP contribution in [0.1, 0.15) is 54.4 Å². The average molecular weight is 349 g/mol. The zero-order valence-corrected chi connectivity index (χ0v) is 14.8. The monoisotopic (exact) mass is 348 g/mol. The maximum Gasteiger partial charge on any atom is 0.240 e. The van der Waals surface area contributed by atoms with Crippen molar-refractivity contribution in [3.8, 4) is 0 Å². The van der Waals surface area contributed by atoms with Gasteiger partial charge in [-0.05, 0) is 49.7 Å². The first-order chi connectivity index (χ1) is 11.2. The van der Waals surface area contributed by atoms with Gasteiger partial charge in [0.05, 0.1) is 13.1 Å². The van der Waals surface area contributed by atoms with Gasteiger partial charge in [0.15, 0.2) is 5.82 Å². The fraction of sp³-hybridized carbons (Fsp3) is 0.556.